The predicted molar refractivity (Wildman–Crippen MR) is 99.6 cm³/mol. The van der Waals surface area contributed by atoms with E-state index in [1.165, 1.54) is 0 Å². The Balaban J connectivity index is 1.60. The quantitative estimate of drug-likeness (QED) is 0.640. The molecule has 3 aromatic rings. The van der Waals surface area contributed by atoms with Crippen LogP contribution in [0.5, 0.6) is 0 Å². The first-order chi connectivity index (χ1) is 12.7. The molecule has 0 bridgehead atoms. The summed E-state index contributed by atoms with van der Waals surface area (Å²) < 4.78 is 5.17. The van der Waals surface area contributed by atoms with Crippen LogP contribution in [0.2, 0.25) is 0 Å². The van der Waals surface area contributed by atoms with Crippen molar-refractivity contribution >= 4 is 22.8 Å². The Labute approximate surface area is 152 Å². The third-order valence-electron chi connectivity index (χ3n) is 4.08. The van der Waals surface area contributed by atoms with E-state index in [0.29, 0.717) is 18.6 Å². The van der Waals surface area contributed by atoms with Crippen molar-refractivity contribution in [3.8, 4) is 0 Å². The summed E-state index contributed by atoms with van der Waals surface area (Å²) in [5, 5.41) is 0.945. The number of carbonyl (C=O) groups is 2. The fourth-order valence-corrected chi connectivity index (χ4v) is 2.65. The molecule has 0 N–H and O–H groups in total. The Bertz CT molecular complexity index is 909. The lowest BCUT2D eigenvalue weighted by Crippen LogP contribution is -2.34. The van der Waals surface area contributed by atoms with E-state index in [4.69, 9.17) is 4.74 Å². The number of ether oxygens (including phenoxy) is 1. The van der Waals surface area contributed by atoms with Gasteiger partial charge in [-0.1, -0.05) is 54.6 Å². The molecule has 0 saturated heterocycles. The van der Waals surface area contributed by atoms with Crippen LogP contribution < -0.4 is 0 Å². The largest absolute Gasteiger partial charge is 0.451 e. The number of fused-ring (bicyclic) bond motifs is 1. The zero-order chi connectivity index (χ0) is 18.4. The molecule has 1 heterocycles. The second-order valence-electron chi connectivity index (χ2n) is 5.86. The lowest BCUT2D eigenvalue weighted by atomic mass is 10.2. The van der Waals surface area contributed by atoms with Crippen LogP contribution in [-0.4, -0.2) is 34.9 Å². The molecule has 2 aromatic carbocycles. The van der Waals surface area contributed by atoms with Gasteiger partial charge in [0, 0.05) is 18.5 Å². The van der Waals surface area contributed by atoms with E-state index in [-0.39, 0.29) is 18.2 Å². The number of hydrogen-bond donors (Lipinski definition) is 0. The van der Waals surface area contributed by atoms with Gasteiger partial charge in [-0.15, -0.1) is 0 Å². The van der Waals surface area contributed by atoms with Gasteiger partial charge in [-0.3, -0.25) is 4.79 Å². The molecule has 0 aliphatic heterocycles. The number of para-hydroxylation sites is 1. The van der Waals surface area contributed by atoms with Crippen molar-refractivity contribution in [1.82, 2.24) is 9.88 Å². The number of amides is 1. The smallest absolute Gasteiger partial charge is 0.357 e. The number of pyridine rings is 1. The molecular formula is C21H20N2O3. The van der Waals surface area contributed by atoms with Crippen molar-refractivity contribution in [2.24, 2.45) is 0 Å². The molecule has 132 valence electrons. The average molecular weight is 348 g/mol. The molecule has 0 aliphatic rings. The van der Waals surface area contributed by atoms with Gasteiger partial charge in [0.2, 0.25) is 0 Å². The summed E-state index contributed by atoms with van der Waals surface area (Å²) in [4.78, 5) is 30.5. The van der Waals surface area contributed by atoms with Gasteiger partial charge in [0.25, 0.3) is 5.91 Å². The molecule has 5 heteroatoms. The SMILES string of the molecule is CCN(Cc1ccccc1)C(=O)COC(=O)c1ccc2ccccc2n1. The topological polar surface area (TPSA) is 59.5 Å². The highest BCUT2D eigenvalue weighted by Gasteiger charge is 2.16. The second kappa shape index (κ2) is 8.25. The second-order valence-corrected chi connectivity index (χ2v) is 5.86. The first kappa shape index (κ1) is 17.6. The summed E-state index contributed by atoms with van der Waals surface area (Å²) in [6.45, 7) is 2.63. The monoisotopic (exact) mass is 348 g/mol. The summed E-state index contributed by atoms with van der Waals surface area (Å²) in [7, 11) is 0. The normalized spacial score (nSPS) is 10.5. The summed E-state index contributed by atoms with van der Waals surface area (Å²) in [5.41, 5.74) is 1.94. The van der Waals surface area contributed by atoms with E-state index in [0.717, 1.165) is 10.9 Å². The summed E-state index contributed by atoms with van der Waals surface area (Å²) in [6.07, 6.45) is 0. The number of hydrogen-bond acceptors (Lipinski definition) is 4. The van der Waals surface area contributed by atoms with Crippen LogP contribution >= 0.6 is 0 Å². The Morgan fingerprint density at radius 1 is 0.962 bits per heavy atom. The Morgan fingerprint density at radius 2 is 1.69 bits per heavy atom. The van der Waals surface area contributed by atoms with Crippen molar-refractivity contribution in [1.29, 1.82) is 0 Å². The molecule has 1 aromatic heterocycles. The highest BCUT2D eigenvalue weighted by Crippen LogP contribution is 2.12. The van der Waals surface area contributed by atoms with Gasteiger partial charge >= 0.3 is 5.97 Å². The molecule has 0 radical (unpaired) electrons. The van der Waals surface area contributed by atoms with Gasteiger partial charge in [0.05, 0.1) is 5.52 Å². The molecule has 0 fully saturated rings. The van der Waals surface area contributed by atoms with Gasteiger partial charge < -0.3 is 9.64 Å². The maximum Gasteiger partial charge on any atom is 0.357 e. The van der Waals surface area contributed by atoms with Gasteiger partial charge in [0.15, 0.2) is 6.61 Å². The van der Waals surface area contributed by atoms with Crippen LogP contribution in [0, 0.1) is 0 Å². The summed E-state index contributed by atoms with van der Waals surface area (Å²) >= 11 is 0. The van der Waals surface area contributed by atoms with E-state index >= 15 is 0 Å². The maximum atomic E-state index is 12.4. The summed E-state index contributed by atoms with van der Waals surface area (Å²) in [5.74, 6) is -0.828. The molecule has 1 amide bonds. The number of benzene rings is 2. The van der Waals surface area contributed by atoms with E-state index in [1.54, 1.807) is 11.0 Å². The van der Waals surface area contributed by atoms with E-state index < -0.39 is 5.97 Å². The predicted octanol–water partition coefficient (Wildman–Crippen LogP) is 3.44. The molecule has 0 spiro atoms. The van der Waals surface area contributed by atoms with Crippen molar-refractivity contribution in [2.45, 2.75) is 13.5 Å². The van der Waals surface area contributed by atoms with Crippen molar-refractivity contribution in [2.75, 3.05) is 13.2 Å². The molecular weight excluding hydrogens is 328 g/mol. The number of likely N-dealkylation sites (N-methyl/N-ethyl adjacent to an activating group) is 1. The minimum Gasteiger partial charge on any atom is -0.451 e. The van der Waals surface area contributed by atoms with Crippen molar-refractivity contribution in [3.63, 3.8) is 0 Å². The van der Waals surface area contributed by atoms with E-state index in [9.17, 15) is 9.59 Å². The Morgan fingerprint density at radius 3 is 2.46 bits per heavy atom. The first-order valence-corrected chi connectivity index (χ1v) is 8.52. The molecule has 3 rings (SSSR count). The number of esters is 1. The number of aromatic nitrogens is 1. The Kier molecular flexibility index (Phi) is 5.59. The van der Waals surface area contributed by atoms with Crippen LogP contribution in [0.1, 0.15) is 23.0 Å². The standard InChI is InChI=1S/C21H20N2O3/c1-2-23(14-16-8-4-3-5-9-16)20(24)15-26-21(25)19-13-12-17-10-6-7-11-18(17)22-19/h3-13H,2,14-15H2,1H3. The molecule has 26 heavy (non-hydrogen) atoms. The van der Waals surface area contributed by atoms with Crippen LogP contribution in [0.3, 0.4) is 0 Å². The van der Waals surface area contributed by atoms with Crippen LogP contribution in [0.15, 0.2) is 66.7 Å². The lowest BCUT2D eigenvalue weighted by molar-refractivity contribution is -0.134. The minimum absolute atomic E-state index is 0.197. The maximum absolute atomic E-state index is 12.4. The van der Waals surface area contributed by atoms with Gasteiger partial charge in [0.1, 0.15) is 5.69 Å². The minimum atomic E-state index is -0.597. The fourth-order valence-electron chi connectivity index (χ4n) is 2.65. The average Bonchev–Trinajstić information content (AvgIpc) is 2.70. The van der Waals surface area contributed by atoms with Crippen LogP contribution in [0.25, 0.3) is 10.9 Å². The van der Waals surface area contributed by atoms with Crippen LogP contribution in [-0.2, 0) is 16.1 Å². The van der Waals surface area contributed by atoms with E-state index in [1.807, 2.05) is 67.6 Å². The number of rotatable bonds is 6. The summed E-state index contributed by atoms with van der Waals surface area (Å²) in [6, 6.07) is 20.6. The lowest BCUT2D eigenvalue weighted by Gasteiger charge is -2.20. The van der Waals surface area contributed by atoms with Gasteiger partial charge in [-0.2, -0.15) is 0 Å². The molecule has 5 nitrogen and oxygen atoms in total. The third kappa shape index (κ3) is 4.25. The third-order valence-corrected chi connectivity index (χ3v) is 4.08. The van der Waals surface area contributed by atoms with Gasteiger partial charge in [-0.05, 0) is 24.6 Å². The van der Waals surface area contributed by atoms with Crippen molar-refractivity contribution < 1.29 is 14.3 Å². The molecule has 0 saturated carbocycles. The molecule has 0 atom stereocenters. The van der Waals surface area contributed by atoms with E-state index in [2.05, 4.69) is 4.98 Å². The molecule has 0 unspecified atom stereocenters. The van der Waals surface area contributed by atoms with Crippen molar-refractivity contribution in [3.05, 3.63) is 78.0 Å². The van der Waals surface area contributed by atoms with Crippen LogP contribution in [0.4, 0.5) is 0 Å². The van der Waals surface area contributed by atoms with Gasteiger partial charge in [-0.25, -0.2) is 9.78 Å². The molecule has 0 aliphatic carbocycles. The Hall–Kier alpha value is -3.21. The highest BCUT2D eigenvalue weighted by atomic mass is 16.5. The highest BCUT2D eigenvalue weighted by molar-refractivity contribution is 5.92. The zero-order valence-electron chi connectivity index (χ0n) is 14.6. The zero-order valence-corrected chi connectivity index (χ0v) is 14.6. The number of carbonyl (C=O) groups excluding carboxylic acids is 2. The first-order valence-electron chi connectivity index (χ1n) is 8.52. The number of nitrogens with zero attached hydrogens (tertiary/aromatic N) is 2. The fraction of sp³-hybridized carbons (Fsp3) is 0.190.